The first-order chi connectivity index (χ1) is 11.2. The summed E-state index contributed by atoms with van der Waals surface area (Å²) in [5, 5.41) is 6.84. The van der Waals surface area contributed by atoms with Crippen molar-refractivity contribution >= 4 is 5.91 Å². The minimum atomic E-state index is -0.310. The number of amides is 1. The molecule has 122 valence electrons. The van der Waals surface area contributed by atoms with Gasteiger partial charge in [0.1, 0.15) is 5.82 Å². The van der Waals surface area contributed by atoms with Crippen LogP contribution in [-0.2, 0) is 4.74 Å². The Morgan fingerprint density at radius 1 is 1.43 bits per heavy atom. The van der Waals surface area contributed by atoms with Crippen LogP contribution in [0.3, 0.4) is 0 Å². The average Bonchev–Trinajstić information content (AvgIpc) is 3.24. The van der Waals surface area contributed by atoms with Crippen molar-refractivity contribution < 1.29 is 13.9 Å². The molecule has 23 heavy (non-hydrogen) atoms. The lowest BCUT2D eigenvalue weighted by molar-refractivity contribution is 0.0540. The number of nitrogens with zero attached hydrogens (tertiary/aromatic N) is 2. The Bertz CT molecular complexity index is 663. The largest absolute Gasteiger partial charge is 0.376 e. The van der Waals surface area contributed by atoms with E-state index in [1.54, 1.807) is 17.0 Å². The molecule has 1 aliphatic rings. The van der Waals surface area contributed by atoms with Crippen molar-refractivity contribution in [3.63, 3.8) is 0 Å². The number of rotatable bonds is 5. The van der Waals surface area contributed by atoms with Gasteiger partial charge in [0.25, 0.3) is 5.91 Å². The molecule has 1 aliphatic heterocycles. The number of H-pyrrole nitrogens is 1. The summed E-state index contributed by atoms with van der Waals surface area (Å²) in [5.74, 6) is -0.397. The van der Waals surface area contributed by atoms with Gasteiger partial charge in [-0.05, 0) is 44.0 Å². The van der Waals surface area contributed by atoms with Crippen molar-refractivity contribution in [1.82, 2.24) is 15.1 Å². The van der Waals surface area contributed by atoms with Gasteiger partial charge in [0.2, 0.25) is 0 Å². The maximum absolute atomic E-state index is 13.1. The van der Waals surface area contributed by atoms with Crippen LogP contribution in [0.25, 0.3) is 11.3 Å². The second kappa shape index (κ2) is 6.91. The zero-order valence-electron chi connectivity index (χ0n) is 13.1. The molecule has 1 fully saturated rings. The summed E-state index contributed by atoms with van der Waals surface area (Å²) in [6.45, 7) is 3.91. The Morgan fingerprint density at radius 3 is 2.87 bits per heavy atom. The molecular formula is C17H20FN3O2. The van der Waals surface area contributed by atoms with Gasteiger partial charge in [-0.1, -0.05) is 0 Å². The smallest absolute Gasteiger partial charge is 0.257 e. The molecule has 1 aromatic carbocycles. The van der Waals surface area contributed by atoms with Crippen LogP contribution in [0, 0.1) is 5.82 Å². The third-order valence-electron chi connectivity index (χ3n) is 4.12. The molecule has 1 amide bonds. The van der Waals surface area contributed by atoms with Crippen LogP contribution in [0.4, 0.5) is 4.39 Å². The number of hydrogen-bond acceptors (Lipinski definition) is 3. The van der Waals surface area contributed by atoms with Crippen molar-refractivity contribution in [2.75, 3.05) is 19.7 Å². The fraction of sp³-hybridized carbons (Fsp3) is 0.412. The third-order valence-corrected chi connectivity index (χ3v) is 4.12. The Morgan fingerprint density at radius 2 is 2.22 bits per heavy atom. The molecule has 1 saturated heterocycles. The van der Waals surface area contributed by atoms with Crippen LogP contribution in [0.15, 0.2) is 30.5 Å². The number of carbonyl (C=O) groups is 1. The lowest BCUT2D eigenvalue weighted by Crippen LogP contribution is -2.37. The van der Waals surface area contributed by atoms with E-state index in [2.05, 4.69) is 10.2 Å². The van der Waals surface area contributed by atoms with E-state index in [4.69, 9.17) is 4.74 Å². The van der Waals surface area contributed by atoms with Crippen LogP contribution in [0.5, 0.6) is 0 Å². The molecule has 1 atom stereocenters. The molecular weight excluding hydrogens is 297 g/mol. The van der Waals surface area contributed by atoms with Gasteiger partial charge in [0.15, 0.2) is 0 Å². The quantitative estimate of drug-likeness (QED) is 0.922. The zero-order valence-corrected chi connectivity index (χ0v) is 13.1. The number of aromatic amines is 1. The van der Waals surface area contributed by atoms with Crippen LogP contribution in [0.2, 0.25) is 0 Å². The SMILES string of the molecule is CCN(CC1CCCO1)C(=O)c1cn[nH]c1-c1ccc(F)cc1. The molecule has 3 rings (SSSR count). The predicted molar refractivity (Wildman–Crippen MR) is 84.5 cm³/mol. The van der Waals surface area contributed by atoms with E-state index >= 15 is 0 Å². The Balaban J connectivity index is 1.81. The van der Waals surface area contributed by atoms with Gasteiger partial charge in [-0.2, -0.15) is 5.10 Å². The molecule has 2 heterocycles. The highest BCUT2D eigenvalue weighted by Crippen LogP contribution is 2.23. The van der Waals surface area contributed by atoms with Gasteiger partial charge in [-0.3, -0.25) is 9.89 Å². The van der Waals surface area contributed by atoms with Crippen molar-refractivity contribution in [3.8, 4) is 11.3 Å². The minimum absolute atomic E-state index is 0.0870. The van der Waals surface area contributed by atoms with Crippen LogP contribution in [-0.4, -0.2) is 46.8 Å². The lowest BCUT2D eigenvalue weighted by atomic mass is 10.1. The van der Waals surface area contributed by atoms with E-state index in [0.717, 1.165) is 25.0 Å². The highest BCUT2D eigenvalue weighted by molar-refractivity contribution is 5.99. The second-order valence-electron chi connectivity index (χ2n) is 5.64. The molecule has 0 radical (unpaired) electrons. The summed E-state index contributed by atoms with van der Waals surface area (Å²) in [7, 11) is 0. The molecule has 0 aliphatic carbocycles. The number of benzene rings is 1. The van der Waals surface area contributed by atoms with Gasteiger partial charge < -0.3 is 9.64 Å². The number of carbonyl (C=O) groups excluding carboxylic acids is 1. The van der Waals surface area contributed by atoms with Gasteiger partial charge in [-0.25, -0.2) is 4.39 Å². The molecule has 0 bridgehead atoms. The maximum Gasteiger partial charge on any atom is 0.257 e. The summed E-state index contributed by atoms with van der Waals surface area (Å²) in [4.78, 5) is 14.6. The number of nitrogens with one attached hydrogen (secondary N) is 1. The molecule has 1 aromatic heterocycles. The second-order valence-corrected chi connectivity index (χ2v) is 5.64. The average molecular weight is 317 g/mol. The highest BCUT2D eigenvalue weighted by atomic mass is 19.1. The molecule has 6 heteroatoms. The zero-order chi connectivity index (χ0) is 16.2. The highest BCUT2D eigenvalue weighted by Gasteiger charge is 2.25. The molecule has 0 spiro atoms. The topological polar surface area (TPSA) is 58.2 Å². The lowest BCUT2D eigenvalue weighted by Gasteiger charge is -2.24. The van der Waals surface area contributed by atoms with Gasteiger partial charge in [0, 0.05) is 25.3 Å². The minimum Gasteiger partial charge on any atom is -0.376 e. The molecule has 1 unspecified atom stereocenters. The van der Waals surface area contributed by atoms with Gasteiger partial charge >= 0.3 is 0 Å². The summed E-state index contributed by atoms with van der Waals surface area (Å²) >= 11 is 0. The molecule has 2 aromatic rings. The predicted octanol–water partition coefficient (Wildman–Crippen LogP) is 2.86. The number of halogens is 1. The Hall–Kier alpha value is -2.21. The summed E-state index contributed by atoms with van der Waals surface area (Å²) in [6.07, 6.45) is 3.67. The number of aromatic nitrogens is 2. The monoisotopic (exact) mass is 317 g/mol. The van der Waals surface area contributed by atoms with Gasteiger partial charge in [-0.15, -0.1) is 0 Å². The molecule has 0 saturated carbocycles. The first-order valence-electron chi connectivity index (χ1n) is 7.89. The maximum atomic E-state index is 13.1. The van der Waals surface area contributed by atoms with Crippen LogP contribution in [0.1, 0.15) is 30.1 Å². The summed E-state index contributed by atoms with van der Waals surface area (Å²) in [5.41, 5.74) is 1.85. The molecule has 5 nitrogen and oxygen atoms in total. The van der Waals surface area contributed by atoms with E-state index in [-0.39, 0.29) is 17.8 Å². The Kier molecular flexibility index (Phi) is 4.71. The summed E-state index contributed by atoms with van der Waals surface area (Å²) in [6, 6.07) is 6.01. The fourth-order valence-corrected chi connectivity index (χ4v) is 2.85. The van der Waals surface area contributed by atoms with E-state index in [1.165, 1.54) is 18.3 Å². The first-order valence-corrected chi connectivity index (χ1v) is 7.89. The van der Waals surface area contributed by atoms with Crippen molar-refractivity contribution in [2.45, 2.75) is 25.9 Å². The number of ether oxygens (including phenoxy) is 1. The van der Waals surface area contributed by atoms with E-state index < -0.39 is 0 Å². The van der Waals surface area contributed by atoms with E-state index in [0.29, 0.717) is 24.3 Å². The Labute approximate surface area is 134 Å². The third kappa shape index (κ3) is 3.42. The number of likely N-dealkylation sites (N-methyl/N-ethyl adjacent to an activating group) is 1. The number of hydrogen-bond donors (Lipinski definition) is 1. The summed E-state index contributed by atoms with van der Waals surface area (Å²) < 4.78 is 18.7. The molecule has 1 N–H and O–H groups in total. The van der Waals surface area contributed by atoms with Crippen molar-refractivity contribution in [2.24, 2.45) is 0 Å². The fourth-order valence-electron chi connectivity index (χ4n) is 2.85. The van der Waals surface area contributed by atoms with E-state index in [1.807, 2.05) is 6.92 Å². The van der Waals surface area contributed by atoms with Gasteiger partial charge in [0.05, 0.1) is 23.6 Å². The standard InChI is InChI=1S/C17H20FN3O2/c1-2-21(11-14-4-3-9-23-14)17(22)15-10-19-20-16(15)12-5-7-13(18)8-6-12/h5-8,10,14H,2-4,9,11H2,1H3,(H,19,20). The first kappa shape index (κ1) is 15.7. The van der Waals surface area contributed by atoms with Crippen LogP contribution >= 0.6 is 0 Å². The van der Waals surface area contributed by atoms with Crippen molar-refractivity contribution in [1.29, 1.82) is 0 Å². The van der Waals surface area contributed by atoms with Crippen molar-refractivity contribution in [3.05, 3.63) is 41.8 Å². The van der Waals surface area contributed by atoms with E-state index in [9.17, 15) is 9.18 Å². The van der Waals surface area contributed by atoms with Crippen LogP contribution < -0.4 is 0 Å². The normalized spacial score (nSPS) is 17.4.